The van der Waals surface area contributed by atoms with Gasteiger partial charge in [0.05, 0.1) is 17.7 Å². The van der Waals surface area contributed by atoms with E-state index in [-0.39, 0.29) is 16.4 Å². The number of methoxy groups -OCH3 is 1. The number of non-ortho nitro benzene ring substituents is 1. The number of carbonyl (C=O) groups excluding carboxylic acids is 1. The molecular weight excluding hydrogens is 302 g/mol. The zero-order valence-electron chi connectivity index (χ0n) is 10.2. The van der Waals surface area contributed by atoms with Crippen molar-refractivity contribution in [3.8, 4) is 5.69 Å². The number of nitro benzene ring substituents is 1. The highest BCUT2D eigenvalue weighted by atomic mass is 32.1. The summed E-state index contributed by atoms with van der Waals surface area (Å²) in [6.45, 7) is 0. The van der Waals surface area contributed by atoms with E-state index in [1.54, 1.807) is 6.07 Å². The van der Waals surface area contributed by atoms with Crippen molar-refractivity contribution >= 4 is 41.0 Å². The van der Waals surface area contributed by atoms with Gasteiger partial charge < -0.3 is 10.5 Å². The lowest BCUT2D eigenvalue weighted by atomic mass is 10.3. The van der Waals surface area contributed by atoms with Crippen LogP contribution in [-0.2, 0) is 4.74 Å². The lowest BCUT2D eigenvalue weighted by Crippen LogP contribution is -2.06. The van der Waals surface area contributed by atoms with Crippen LogP contribution in [0.2, 0.25) is 0 Å². The number of ether oxygens (including phenoxy) is 1. The van der Waals surface area contributed by atoms with Crippen LogP contribution >= 0.6 is 23.6 Å². The Bertz CT molecular complexity index is 750. The maximum absolute atomic E-state index is 11.5. The van der Waals surface area contributed by atoms with Gasteiger partial charge in [-0.3, -0.25) is 14.7 Å². The zero-order chi connectivity index (χ0) is 14.9. The average Bonchev–Trinajstić information content (AvgIpc) is 2.73. The molecule has 20 heavy (non-hydrogen) atoms. The van der Waals surface area contributed by atoms with Gasteiger partial charge in [0.2, 0.25) is 0 Å². The number of hydrogen-bond acceptors (Lipinski definition) is 7. The third-order valence-corrected chi connectivity index (χ3v) is 3.88. The summed E-state index contributed by atoms with van der Waals surface area (Å²) in [5.74, 6) is -0.491. The molecule has 0 fully saturated rings. The van der Waals surface area contributed by atoms with Crippen LogP contribution in [0.3, 0.4) is 0 Å². The Hall–Kier alpha value is -2.26. The Morgan fingerprint density at radius 1 is 1.55 bits per heavy atom. The first kappa shape index (κ1) is 14.2. The second-order valence-electron chi connectivity index (χ2n) is 3.69. The van der Waals surface area contributed by atoms with Crippen LogP contribution in [0.15, 0.2) is 24.3 Å². The molecule has 0 saturated carbocycles. The summed E-state index contributed by atoms with van der Waals surface area (Å²) in [7, 11) is 1.24. The highest BCUT2D eigenvalue weighted by Gasteiger charge is 2.19. The molecule has 0 radical (unpaired) electrons. The number of nitrogens with two attached hydrogens (primary N) is 1. The van der Waals surface area contributed by atoms with Gasteiger partial charge >= 0.3 is 5.97 Å². The van der Waals surface area contributed by atoms with Crippen molar-refractivity contribution in [1.29, 1.82) is 0 Å². The van der Waals surface area contributed by atoms with Gasteiger partial charge in [0.25, 0.3) is 5.69 Å². The van der Waals surface area contributed by atoms with Gasteiger partial charge in [-0.25, -0.2) is 4.79 Å². The number of thiazole rings is 1. The second-order valence-corrected chi connectivity index (χ2v) is 5.33. The molecule has 2 rings (SSSR count). The fraction of sp³-hybridized carbons (Fsp3) is 0.0909. The average molecular weight is 311 g/mol. The fourth-order valence-electron chi connectivity index (χ4n) is 1.61. The summed E-state index contributed by atoms with van der Waals surface area (Å²) in [5, 5.41) is 10.8. The van der Waals surface area contributed by atoms with Gasteiger partial charge in [-0.2, -0.15) is 0 Å². The smallest absolute Gasteiger partial charge is 0.351 e. The molecule has 104 valence electrons. The minimum absolute atomic E-state index is 0.0883. The SMILES string of the molecule is COC(=O)c1sc(=S)n(-c2cccc([N+](=O)[O-])c2)c1N. The Kier molecular flexibility index (Phi) is 3.81. The van der Waals surface area contributed by atoms with Crippen LogP contribution in [0.25, 0.3) is 5.69 Å². The lowest BCUT2D eigenvalue weighted by Gasteiger charge is -2.05. The number of benzene rings is 1. The molecule has 2 aromatic rings. The highest BCUT2D eigenvalue weighted by Crippen LogP contribution is 2.28. The van der Waals surface area contributed by atoms with Gasteiger partial charge in [0.1, 0.15) is 5.82 Å². The van der Waals surface area contributed by atoms with Crippen molar-refractivity contribution in [1.82, 2.24) is 4.57 Å². The van der Waals surface area contributed by atoms with Crippen molar-refractivity contribution < 1.29 is 14.5 Å². The maximum Gasteiger partial charge on any atom is 0.351 e. The Labute approximate surface area is 122 Å². The molecule has 0 atom stereocenters. The Morgan fingerprint density at radius 3 is 2.85 bits per heavy atom. The van der Waals surface area contributed by atoms with Gasteiger partial charge in [-0.1, -0.05) is 17.4 Å². The number of hydrogen-bond donors (Lipinski definition) is 1. The Balaban J connectivity index is 2.62. The number of carbonyl (C=O) groups is 1. The predicted molar refractivity (Wildman–Crippen MR) is 76.9 cm³/mol. The van der Waals surface area contributed by atoms with Crippen LogP contribution in [0.4, 0.5) is 11.5 Å². The summed E-state index contributed by atoms with van der Waals surface area (Å²) >= 11 is 6.13. The maximum atomic E-state index is 11.5. The molecule has 1 aromatic heterocycles. The molecule has 1 heterocycles. The number of esters is 1. The van der Waals surface area contributed by atoms with Crippen LogP contribution in [0.5, 0.6) is 0 Å². The lowest BCUT2D eigenvalue weighted by molar-refractivity contribution is -0.384. The summed E-state index contributed by atoms with van der Waals surface area (Å²) in [6.07, 6.45) is 0. The quantitative estimate of drug-likeness (QED) is 0.404. The summed E-state index contributed by atoms with van der Waals surface area (Å²) in [6, 6.07) is 5.83. The van der Waals surface area contributed by atoms with E-state index in [4.69, 9.17) is 18.0 Å². The summed E-state index contributed by atoms with van der Waals surface area (Å²) < 4.78 is 6.32. The van der Waals surface area contributed by atoms with E-state index in [9.17, 15) is 14.9 Å². The molecule has 0 unspecified atom stereocenters. The molecule has 0 saturated heterocycles. The standard InChI is InChI=1S/C11H9N3O4S2/c1-18-10(15)8-9(12)13(11(19)20-8)6-3-2-4-7(5-6)14(16)17/h2-5H,12H2,1H3. The minimum atomic E-state index is -0.595. The van der Waals surface area contributed by atoms with Crippen LogP contribution < -0.4 is 5.73 Å². The normalized spacial score (nSPS) is 10.2. The van der Waals surface area contributed by atoms with E-state index >= 15 is 0 Å². The topological polar surface area (TPSA) is 100 Å². The van der Waals surface area contributed by atoms with Crippen molar-refractivity contribution in [3.63, 3.8) is 0 Å². The van der Waals surface area contributed by atoms with Gasteiger partial charge in [-0.05, 0) is 18.3 Å². The monoisotopic (exact) mass is 311 g/mol. The third kappa shape index (κ3) is 2.40. The molecule has 9 heteroatoms. The summed E-state index contributed by atoms with van der Waals surface area (Å²) in [5.41, 5.74) is 6.21. The number of nitro groups is 1. The number of nitrogens with zero attached hydrogens (tertiary/aromatic N) is 2. The van der Waals surface area contributed by atoms with Crippen molar-refractivity contribution in [3.05, 3.63) is 43.2 Å². The molecule has 0 aliphatic rings. The first-order chi connectivity index (χ1) is 9.45. The first-order valence-electron chi connectivity index (χ1n) is 5.30. The van der Waals surface area contributed by atoms with E-state index in [1.165, 1.54) is 29.9 Å². The van der Waals surface area contributed by atoms with Crippen LogP contribution in [0, 0.1) is 14.1 Å². The number of anilines is 1. The molecule has 1 aromatic carbocycles. The van der Waals surface area contributed by atoms with E-state index in [2.05, 4.69) is 4.74 Å². The predicted octanol–water partition coefficient (Wildman–Crippen LogP) is 2.55. The van der Waals surface area contributed by atoms with Gasteiger partial charge in [0.15, 0.2) is 8.83 Å². The second kappa shape index (κ2) is 5.39. The number of aromatic nitrogens is 1. The summed E-state index contributed by atoms with van der Waals surface area (Å²) in [4.78, 5) is 22.0. The van der Waals surface area contributed by atoms with E-state index in [0.29, 0.717) is 9.64 Å². The molecule has 0 bridgehead atoms. The van der Waals surface area contributed by atoms with E-state index in [0.717, 1.165) is 11.3 Å². The van der Waals surface area contributed by atoms with Crippen molar-refractivity contribution in [2.75, 3.05) is 12.8 Å². The third-order valence-electron chi connectivity index (χ3n) is 2.52. The first-order valence-corrected chi connectivity index (χ1v) is 6.52. The molecule has 0 spiro atoms. The zero-order valence-corrected chi connectivity index (χ0v) is 11.9. The highest BCUT2D eigenvalue weighted by molar-refractivity contribution is 7.73. The van der Waals surface area contributed by atoms with Crippen molar-refractivity contribution in [2.45, 2.75) is 0 Å². The van der Waals surface area contributed by atoms with Gasteiger partial charge in [0, 0.05) is 12.1 Å². The fourth-order valence-corrected chi connectivity index (χ4v) is 2.90. The van der Waals surface area contributed by atoms with E-state index in [1.807, 2.05) is 0 Å². The molecular formula is C11H9N3O4S2. The molecule has 0 amide bonds. The van der Waals surface area contributed by atoms with Crippen molar-refractivity contribution in [2.24, 2.45) is 0 Å². The Morgan fingerprint density at radius 2 is 2.25 bits per heavy atom. The molecule has 7 nitrogen and oxygen atoms in total. The molecule has 0 aliphatic carbocycles. The number of rotatable bonds is 3. The molecule has 2 N–H and O–H groups in total. The van der Waals surface area contributed by atoms with Crippen LogP contribution in [0.1, 0.15) is 9.67 Å². The van der Waals surface area contributed by atoms with E-state index < -0.39 is 10.9 Å². The minimum Gasteiger partial charge on any atom is -0.465 e. The van der Waals surface area contributed by atoms with Gasteiger partial charge in [-0.15, -0.1) is 0 Å². The largest absolute Gasteiger partial charge is 0.465 e. The van der Waals surface area contributed by atoms with Crippen LogP contribution in [-0.4, -0.2) is 22.6 Å². The molecule has 0 aliphatic heterocycles. The number of nitrogen functional groups attached to an aromatic ring is 1.